The van der Waals surface area contributed by atoms with E-state index in [1.54, 1.807) is 25.5 Å². The van der Waals surface area contributed by atoms with Crippen LogP contribution >= 0.6 is 0 Å². The molecule has 2 aromatic heterocycles. The SMILES string of the molecule is COc1ccc(C)cc1N[C@@H](C)c1nc(-c2ccco2)no1. The summed E-state index contributed by atoms with van der Waals surface area (Å²) >= 11 is 0. The van der Waals surface area contributed by atoms with Crippen molar-refractivity contribution in [3.8, 4) is 17.3 Å². The minimum Gasteiger partial charge on any atom is -0.495 e. The zero-order valence-corrected chi connectivity index (χ0v) is 12.7. The molecule has 1 aromatic carbocycles. The Bertz CT molecular complexity index is 750. The molecule has 6 nitrogen and oxygen atoms in total. The van der Waals surface area contributed by atoms with E-state index in [0.717, 1.165) is 17.0 Å². The number of ether oxygens (including phenoxy) is 1. The molecule has 3 aromatic rings. The van der Waals surface area contributed by atoms with Crippen molar-refractivity contribution in [1.29, 1.82) is 0 Å². The van der Waals surface area contributed by atoms with Gasteiger partial charge in [0.1, 0.15) is 11.8 Å². The highest BCUT2D eigenvalue weighted by Gasteiger charge is 2.17. The van der Waals surface area contributed by atoms with Crippen molar-refractivity contribution in [3.05, 3.63) is 48.0 Å². The highest BCUT2D eigenvalue weighted by molar-refractivity contribution is 5.58. The first kappa shape index (κ1) is 14.2. The molecule has 0 bridgehead atoms. The van der Waals surface area contributed by atoms with E-state index < -0.39 is 0 Å². The Balaban J connectivity index is 1.80. The largest absolute Gasteiger partial charge is 0.495 e. The average Bonchev–Trinajstić information content (AvgIpc) is 3.18. The smallest absolute Gasteiger partial charge is 0.249 e. The molecule has 0 unspecified atom stereocenters. The summed E-state index contributed by atoms with van der Waals surface area (Å²) in [5.41, 5.74) is 2.02. The number of anilines is 1. The topological polar surface area (TPSA) is 73.3 Å². The van der Waals surface area contributed by atoms with E-state index in [1.807, 2.05) is 32.0 Å². The Kier molecular flexibility index (Phi) is 3.82. The van der Waals surface area contributed by atoms with Gasteiger partial charge < -0.3 is 19.0 Å². The third kappa shape index (κ3) is 2.81. The molecule has 0 saturated heterocycles. The van der Waals surface area contributed by atoms with Gasteiger partial charge in [-0.15, -0.1) is 0 Å². The van der Waals surface area contributed by atoms with Crippen LogP contribution in [0.25, 0.3) is 11.6 Å². The first-order valence-electron chi connectivity index (χ1n) is 6.96. The zero-order chi connectivity index (χ0) is 15.5. The summed E-state index contributed by atoms with van der Waals surface area (Å²) < 4.78 is 15.9. The van der Waals surface area contributed by atoms with Crippen LogP contribution in [0.15, 0.2) is 45.5 Å². The number of nitrogens with one attached hydrogen (secondary N) is 1. The van der Waals surface area contributed by atoms with Gasteiger partial charge in [0.25, 0.3) is 0 Å². The van der Waals surface area contributed by atoms with E-state index in [0.29, 0.717) is 17.5 Å². The zero-order valence-electron chi connectivity index (χ0n) is 12.7. The van der Waals surface area contributed by atoms with E-state index >= 15 is 0 Å². The lowest BCUT2D eigenvalue weighted by atomic mass is 10.2. The lowest BCUT2D eigenvalue weighted by molar-refractivity contribution is 0.366. The van der Waals surface area contributed by atoms with Gasteiger partial charge in [-0.25, -0.2) is 0 Å². The normalized spacial score (nSPS) is 12.1. The second-order valence-corrected chi connectivity index (χ2v) is 5.00. The average molecular weight is 299 g/mol. The molecule has 22 heavy (non-hydrogen) atoms. The number of hydrogen-bond acceptors (Lipinski definition) is 6. The number of aromatic nitrogens is 2. The Morgan fingerprint density at radius 2 is 2.14 bits per heavy atom. The fourth-order valence-corrected chi connectivity index (χ4v) is 2.15. The molecule has 3 rings (SSSR count). The van der Waals surface area contributed by atoms with Crippen molar-refractivity contribution in [2.24, 2.45) is 0 Å². The molecule has 2 heterocycles. The van der Waals surface area contributed by atoms with Crippen molar-refractivity contribution >= 4 is 5.69 Å². The number of rotatable bonds is 5. The lowest BCUT2D eigenvalue weighted by Gasteiger charge is -2.15. The van der Waals surface area contributed by atoms with Crippen molar-refractivity contribution in [3.63, 3.8) is 0 Å². The van der Waals surface area contributed by atoms with Gasteiger partial charge in [-0.2, -0.15) is 4.98 Å². The molecular formula is C16H17N3O3. The van der Waals surface area contributed by atoms with E-state index in [4.69, 9.17) is 13.7 Å². The van der Waals surface area contributed by atoms with Crippen LogP contribution in [0.4, 0.5) is 5.69 Å². The third-order valence-corrected chi connectivity index (χ3v) is 3.28. The van der Waals surface area contributed by atoms with Crippen molar-refractivity contribution < 1.29 is 13.7 Å². The molecule has 0 spiro atoms. The predicted molar refractivity (Wildman–Crippen MR) is 81.8 cm³/mol. The maximum atomic E-state index is 5.36. The summed E-state index contributed by atoms with van der Waals surface area (Å²) in [5.74, 6) is 2.26. The van der Waals surface area contributed by atoms with Crippen LogP contribution in [0.2, 0.25) is 0 Å². The Hall–Kier alpha value is -2.76. The van der Waals surface area contributed by atoms with Crippen LogP contribution in [0.3, 0.4) is 0 Å². The molecule has 0 saturated carbocycles. The molecule has 6 heteroatoms. The highest BCUT2D eigenvalue weighted by atomic mass is 16.5. The maximum Gasteiger partial charge on any atom is 0.249 e. The number of hydrogen-bond donors (Lipinski definition) is 1. The fraction of sp³-hybridized carbons (Fsp3) is 0.250. The number of methoxy groups -OCH3 is 1. The maximum absolute atomic E-state index is 5.36. The highest BCUT2D eigenvalue weighted by Crippen LogP contribution is 2.29. The molecule has 1 N–H and O–H groups in total. The summed E-state index contributed by atoms with van der Waals surface area (Å²) in [6, 6.07) is 9.34. The van der Waals surface area contributed by atoms with Gasteiger partial charge >= 0.3 is 0 Å². The summed E-state index contributed by atoms with van der Waals surface area (Å²) in [4.78, 5) is 4.35. The number of furan rings is 1. The van der Waals surface area contributed by atoms with Crippen LogP contribution in [0.1, 0.15) is 24.4 Å². The van der Waals surface area contributed by atoms with Gasteiger partial charge in [0.15, 0.2) is 5.76 Å². The molecule has 0 aliphatic heterocycles. The van der Waals surface area contributed by atoms with E-state index in [1.165, 1.54) is 0 Å². The summed E-state index contributed by atoms with van der Waals surface area (Å²) in [5, 5.41) is 7.26. The predicted octanol–water partition coefficient (Wildman–Crippen LogP) is 3.82. The lowest BCUT2D eigenvalue weighted by Crippen LogP contribution is -2.08. The van der Waals surface area contributed by atoms with Crippen molar-refractivity contribution in [1.82, 2.24) is 10.1 Å². The van der Waals surface area contributed by atoms with E-state index in [2.05, 4.69) is 15.5 Å². The number of nitrogens with zero attached hydrogens (tertiary/aromatic N) is 2. The van der Waals surface area contributed by atoms with Crippen LogP contribution in [-0.2, 0) is 0 Å². The Morgan fingerprint density at radius 3 is 2.86 bits per heavy atom. The fourth-order valence-electron chi connectivity index (χ4n) is 2.15. The van der Waals surface area contributed by atoms with Gasteiger partial charge in [-0.05, 0) is 43.7 Å². The van der Waals surface area contributed by atoms with Crippen LogP contribution in [0, 0.1) is 6.92 Å². The molecular weight excluding hydrogens is 282 g/mol. The molecule has 114 valence electrons. The molecule has 0 fully saturated rings. The Labute approximate surface area is 128 Å². The first-order valence-corrected chi connectivity index (χ1v) is 6.96. The third-order valence-electron chi connectivity index (χ3n) is 3.28. The molecule has 0 radical (unpaired) electrons. The minimum absolute atomic E-state index is 0.160. The molecule has 0 aliphatic rings. The van der Waals surface area contributed by atoms with Crippen molar-refractivity contribution in [2.45, 2.75) is 19.9 Å². The summed E-state index contributed by atoms with van der Waals surface area (Å²) in [6.45, 7) is 3.97. The van der Waals surface area contributed by atoms with Gasteiger partial charge in [0.05, 0.1) is 19.1 Å². The summed E-state index contributed by atoms with van der Waals surface area (Å²) in [6.07, 6.45) is 1.57. The first-order chi connectivity index (χ1) is 10.7. The molecule has 1 atom stereocenters. The quantitative estimate of drug-likeness (QED) is 0.772. The van der Waals surface area contributed by atoms with E-state index in [9.17, 15) is 0 Å². The second kappa shape index (κ2) is 5.93. The monoisotopic (exact) mass is 299 g/mol. The van der Waals surface area contributed by atoms with Gasteiger partial charge in [-0.1, -0.05) is 11.2 Å². The molecule has 0 amide bonds. The van der Waals surface area contributed by atoms with Crippen LogP contribution in [-0.4, -0.2) is 17.3 Å². The number of aryl methyl sites for hydroxylation is 1. The van der Waals surface area contributed by atoms with Crippen molar-refractivity contribution in [2.75, 3.05) is 12.4 Å². The molecule has 0 aliphatic carbocycles. The van der Waals surface area contributed by atoms with E-state index in [-0.39, 0.29) is 6.04 Å². The van der Waals surface area contributed by atoms with Gasteiger partial charge in [0, 0.05) is 0 Å². The van der Waals surface area contributed by atoms with Crippen LogP contribution in [0.5, 0.6) is 5.75 Å². The minimum atomic E-state index is -0.160. The van der Waals surface area contributed by atoms with Gasteiger partial charge in [-0.3, -0.25) is 0 Å². The summed E-state index contributed by atoms with van der Waals surface area (Å²) in [7, 11) is 1.64. The van der Waals surface area contributed by atoms with Crippen LogP contribution < -0.4 is 10.1 Å². The standard InChI is InChI=1S/C16H17N3O3/c1-10-6-7-13(20-3)12(9-10)17-11(2)16-18-15(19-22-16)14-5-4-8-21-14/h4-9,11,17H,1-3H3/t11-/m0/s1. The van der Waals surface area contributed by atoms with Gasteiger partial charge in [0.2, 0.25) is 11.7 Å². The Morgan fingerprint density at radius 1 is 1.27 bits per heavy atom. The number of benzene rings is 1. The second-order valence-electron chi connectivity index (χ2n) is 5.00.